The summed E-state index contributed by atoms with van der Waals surface area (Å²) in [5.74, 6) is -17.6. The van der Waals surface area contributed by atoms with E-state index < -0.39 is 30.7 Å². The molecule has 34 heavy (non-hydrogen) atoms. The van der Waals surface area contributed by atoms with Crippen molar-refractivity contribution in [2.45, 2.75) is 58.9 Å². The van der Waals surface area contributed by atoms with Crippen LogP contribution in [0.15, 0.2) is 24.3 Å². The number of hydrogen-bond acceptors (Lipinski definition) is 0. The molecule has 0 unspecified atom stereocenters. The topological polar surface area (TPSA) is 71.4 Å². The van der Waals surface area contributed by atoms with E-state index in [1.165, 1.54) is 0 Å². The van der Waals surface area contributed by atoms with Gasteiger partial charge in [0.1, 0.15) is 0 Å². The average molecular weight is 694 g/mol. The Kier molecular flexibility index (Phi) is 21.6. The van der Waals surface area contributed by atoms with Crippen LogP contribution in [0.1, 0.15) is 41.5 Å². The summed E-state index contributed by atoms with van der Waals surface area (Å²) in [6, 6.07) is 1.84. The largest absolute Gasteiger partial charge is 4.00 e. The van der Waals surface area contributed by atoms with E-state index in [0.717, 1.165) is 0 Å². The first-order valence-electron chi connectivity index (χ1n) is 10.0. The minimum atomic E-state index is -7.72. The van der Waals surface area contributed by atoms with Gasteiger partial charge in [0.25, 0.3) is 0 Å². The fraction of sp³-hybridized carbons (Fsp3) is 0.750. The quantitative estimate of drug-likeness (QED) is 0.173. The molecule has 3 N–H and O–H groups in total. The summed E-state index contributed by atoms with van der Waals surface area (Å²) < 4.78 is 113. The van der Waals surface area contributed by atoms with Gasteiger partial charge in [-0.05, 0) is 0 Å². The van der Waals surface area contributed by atoms with Gasteiger partial charge in [0.15, 0.2) is 0 Å². The van der Waals surface area contributed by atoms with Gasteiger partial charge in [0.05, 0.1) is 0 Å². The Balaban J connectivity index is -0.000000231. The molecule has 200 valence electrons. The Morgan fingerprint density at radius 2 is 0.765 bits per heavy atom. The molecule has 1 aromatic carbocycles. The smallest absolute Gasteiger partial charge is 0.677 e. The standard InChI is InChI=1S/C8H4F9Si.3C4H10N.Hf/c9-6(10,11)18(7(12,13)14,8(15,16)17)5-3-1-2-4-5;3*1-4(2)3-5;/h1-4H;3*4-5H,3H2,1-2H3;/q4*-1;+4. The van der Waals surface area contributed by atoms with Crippen molar-refractivity contribution in [1.29, 1.82) is 0 Å². The van der Waals surface area contributed by atoms with Gasteiger partial charge < -0.3 is 17.2 Å². The Morgan fingerprint density at radius 1 is 0.588 bits per heavy atom. The van der Waals surface area contributed by atoms with E-state index in [4.69, 9.17) is 17.2 Å². The zero-order valence-electron chi connectivity index (χ0n) is 20.1. The summed E-state index contributed by atoms with van der Waals surface area (Å²) in [5.41, 5.74) is 20.0. The summed E-state index contributed by atoms with van der Waals surface area (Å²) in [6.07, 6.45) is 0. The molecule has 3 nitrogen and oxygen atoms in total. The van der Waals surface area contributed by atoms with Crippen molar-refractivity contribution < 1.29 is 65.4 Å². The maximum absolute atomic E-state index is 12.6. The predicted molar refractivity (Wildman–Crippen MR) is 118 cm³/mol. The van der Waals surface area contributed by atoms with Gasteiger partial charge in [-0.25, -0.2) is 12.1 Å². The first-order valence-corrected chi connectivity index (χ1v) is 12.0. The second-order valence-corrected chi connectivity index (χ2v) is 12.0. The molecule has 0 aliphatic carbocycles. The molecule has 0 spiro atoms. The molecule has 0 aliphatic rings. The summed E-state index contributed by atoms with van der Waals surface area (Å²) >= 11 is 0. The molecule has 0 fully saturated rings. The molecule has 0 amide bonds. The van der Waals surface area contributed by atoms with Crippen molar-refractivity contribution in [3.63, 3.8) is 0 Å². The van der Waals surface area contributed by atoms with Crippen LogP contribution >= 0.6 is 0 Å². The molecule has 0 bridgehead atoms. The monoisotopic (exact) mass is 695 g/mol. The Bertz CT molecular complexity index is 531. The SMILES string of the molecule is CC(C)C[NH-].CC(C)C[NH-].CC(C)C[NH-].FC(F)(F)[Si]([c-]1cccc1)(C(F)(F)F)C(F)(F)F.[Hf+4]. The molecular weight excluding hydrogens is 660 g/mol. The molecule has 0 atom stereocenters. The van der Waals surface area contributed by atoms with Crippen LogP contribution < -0.4 is 5.19 Å². The van der Waals surface area contributed by atoms with Gasteiger partial charge in [0, 0.05) is 0 Å². The van der Waals surface area contributed by atoms with Gasteiger partial charge in [-0.3, -0.25) is 0 Å². The maximum Gasteiger partial charge on any atom is 4.00 e. The van der Waals surface area contributed by atoms with Crippen LogP contribution in [0.4, 0.5) is 39.5 Å². The third-order valence-corrected chi connectivity index (χ3v) is 7.35. The van der Waals surface area contributed by atoms with E-state index >= 15 is 0 Å². The summed E-state index contributed by atoms with van der Waals surface area (Å²) in [4.78, 5) is 0. The van der Waals surface area contributed by atoms with Crippen LogP contribution in [0, 0.1) is 17.8 Å². The van der Waals surface area contributed by atoms with Crippen molar-refractivity contribution in [2.75, 3.05) is 19.6 Å². The van der Waals surface area contributed by atoms with Crippen LogP contribution in [-0.4, -0.2) is 45.1 Å². The molecule has 0 aromatic heterocycles. The van der Waals surface area contributed by atoms with Gasteiger partial charge in [-0.15, -0.1) is 24.8 Å². The van der Waals surface area contributed by atoms with E-state index in [1.807, 2.05) is 41.5 Å². The third kappa shape index (κ3) is 14.3. The molecule has 1 rings (SSSR count). The zero-order chi connectivity index (χ0) is 27.3. The molecular formula is C20H34F9HfN3Si. The van der Waals surface area contributed by atoms with Crippen molar-refractivity contribution in [3.8, 4) is 0 Å². The number of halogens is 9. The fourth-order valence-corrected chi connectivity index (χ4v) is 4.24. The Hall–Kier alpha value is -0.313. The van der Waals surface area contributed by atoms with Crippen molar-refractivity contribution in [1.82, 2.24) is 0 Å². The van der Waals surface area contributed by atoms with E-state index in [2.05, 4.69) is 0 Å². The van der Waals surface area contributed by atoms with Gasteiger partial charge in [0.2, 0.25) is 0 Å². The van der Waals surface area contributed by atoms with E-state index in [9.17, 15) is 39.5 Å². The number of hydrogen-bond donors (Lipinski definition) is 0. The maximum atomic E-state index is 12.6. The molecule has 0 heterocycles. The van der Waals surface area contributed by atoms with Crippen LogP contribution in [0.3, 0.4) is 0 Å². The van der Waals surface area contributed by atoms with E-state index in [0.29, 0.717) is 49.5 Å². The molecule has 0 aliphatic heterocycles. The minimum Gasteiger partial charge on any atom is -0.677 e. The summed E-state index contributed by atoms with van der Waals surface area (Å²) in [7, 11) is -7.72. The average Bonchev–Trinajstić information content (AvgIpc) is 3.13. The molecule has 0 saturated heterocycles. The number of alkyl halides is 9. The second-order valence-electron chi connectivity index (χ2n) is 8.21. The van der Waals surface area contributed by atoms with Crippen LogP contribution in [0.25, 0.3) is 17.2 Å². The van der Waals surface area contributed by atoms with E-state index in [1.54, 1.807) is 0 Å². The number of nitrogens with one attached hydrogen (secondary N) is 3. The Morgan fingerprint density at radius 3 is 0.882 bits per heavy atom. The normalized spacial score (nSPS) is 12.1. The van der Waals surface area contributed by atoms with Gasteiger partial charge >= 0.3 is 51.3 Å². The zero-order valence-corrected chi connectivity index (χ0v) is 24.7. The predicted octanol–water partition coefficient (Wildman–Crippen LogP) is 8.45. The summed E-state index contributed by atoms with van der Waals surface area (Å²) in [5, 5.41) is -1.75. The summed E-state index contributed by atoms with van der Waals surface area (Å²) in [6.45, 7) is 13.9. The first-order chi connectivity index (χ1) is 14.7. The molecule has 0 saturated carbocycles. The molecule has 14 heteroatoms. The van der Waals surface area contributed by atoms with Crippen molar-refractivity contribution >= 4 is 13.3 Å². The number of rotatable bonds is 4. The second kappa shape index (κ2) is 18.0. The van der Waals surface area contributed by atoms with Crippen LogP contribution in [0.5, 0.6) is 0 Å². The van der Waals surface area contributed by atoms with Crippen LogP contribution in [-0.2, 0) is 25.8 Å². The van der Waals surface area contributed by atoms with Crippen LogP contribution in [0.2, 0.25) is 0 Å². The third-order valence-electron chi connectivity index (χ3n) is 3.60. The fourth-order valence-electron chi connectivity index (χ4n) is 1.60. The van der Waals surface area contributed by atoms with Crippen molar-refractivity contribution in [3.05, 3.63) is 41.5 Å². The van der Waals surface area contributed by atoms with Gasteiger partial charge in [-0.2, -0.15) is 51.6 Å². The minimum absolute atomic E-state index is 0. The van der Waals surface area contributed by atoms with E-state index in [-0.39, 0.29) is 38.0 Å². The van der Waals surface area contributed by atoms with Crippen molar-refractivity contribution in [2.24, 2.45) is 17.8 Å². The molecule has 0 radical (unpaired) electrons. The Labute approximate surface area is 216 Å². The van der Waals surface area contributed by atoms with Gasteiger partial charge in [-0.1, -0.05) is 59.3 Å². The molecule has 1 aromatic rings. The first kappa shape index (κ1) is 40.8.